The van der Waals surface area contributed by atoms with Gasteiger partial charge in [-0.15, -0.1) is 0 Å². The van der Waals surface area contributed by atoms with Gasteiger partial charge in [-0.05, 0) is 44.6 Å². The van der Waals surface area contributed by atoms with Gasteiger partial charge in [-0.25, -0.2) is 0 Å². The van der Waals surface area contributed by atoms with E-state index in [1.807, 2.05) is 0 Å². The van der Waals surface area contributed by atoms with Gasteiger partial charge in [0, 0.05) is 6.61 Å². The van der Waals surface area contributed by atoms with E-state index in [2.05, 4.69) is 42.7 Å². The van der Waals surface area contributed by atoms with Crippen molar-refractivity contribution in [3.8, 4) is 0 Å². The molecule has 0 aliphatic heterocycles. The minimum atomic E-state index is -0.0432. The van der Waals surface area contributed by atoms with Crippen LogP contribution in [0.5, 0.6) is 0 Å². The van der Waals surface area contributed by atoms with Gasteiger partial charge in [0.1, 0.15) is 0 Å². The summed E-state index contributed by atoms with van der Waals surface area (Å²) in [5.74, 6) is 5.87. The average Bonchev–Trinajstić information content (AvgIpc) is 2.54. The number of nitrogens with one attached hydrogen (secondary N) is 1. The van der Waals surface area contributed by atoms with Crippen LogP contribution in [0.3, 0.4) is 0 Å². The molecule has 1 atom stereocenters. The molecule has 3 N–H and O–H groups in total. The third-order valence-electron chi connectivity index (χ3n) is 4.77. The van der Waals surface area contributed by atoms with E-state index >= 15 is 0 Å². The fraction of sp³-hybridized carbons (Fsp3) is 0.667. The molecule has 118 valence electrons. The van der Waals surface area contributed by atoms with Gasteiger partial charge in [0.05, 0.1) is 11.6 Å². The van der Waals surface area contributed by atoms with Crippen molar-refractivity contribution in [1.82, 2.24) is 5.43 Å². The average molecular weight is 290 g/mol. The molecule has 1 aromatic carbocycles. The predicted molar refractivity (Wildman–Crippen MR) is 87.9 cm³/mol. The van der Waals surface area contributed by atoms with Gasteiger partial charge in [0.25, 0.3) is 0 Å². The Balaban J connectivity index is 1.90. The Hall–Kier alpha value is -0.900. The van der Waals surface area contributed by atoms with Crippen LogP contribution in [0.2, 0.25) is 0 Å². The molecule has 0 amide bonds. The molecule has 0 heterocycles. The summed E-state index contributed by atoms with van der Waals surface area (Å²) in [6.45, 7) is 2.87. The van der Waals surface area contributed by atoms with Gasteiger partial charge in [-0.1, -0.05) is 49.6 Å². The summed E-state index contributed by atoms with van der Waals surface area (Å²) in [4.78, 5) is 0. The number of aryl methyl sites for hydroxylation is 1. The van der Waals surface area contributed by atoms with Crippen LogP contribution in [0, 0.1) is 0 Å². The normalized spacial score (nSPS) is 19.3. The number of hydrogen-bond donors (Lipinski definition) is 2. The standard InChI is InChI=1S/C18H30N2O/c1-2-21-18(14-7-4-8-15-18)17(20-19)13-9-12-16-10-5-3-6-11-16/h3,5-6,10-11,17,20H,2,4,7-9,12-15,19H2,1H3. The van der Waals surface area contributed by atoms with Crippen LogP contribution in [0.1, 0.15) is 57.4 Å². The first-order chi connectivity index (χ1) is 10.3. The molecular weight excluding hydrogens is 260 g/mol. The van der Waals surface area contributed by atoms with E-state index in [-0.39, 0.29) is 11.6 Å². The third-order valence-corrected chi connectivity index (χ3v) is 4.77. The number of hydrazine groups is 1. The van der Waals surface area contributed by atoms with Crippen molar-refractivity contribution in [3.63, 3.8) is 0 Å². The van der Waals surface area contributed by atoms with Crippen LogP contribution in [-0.4, -0.2) is 18.2 Å². The van der Waals surface area contributed by atoms with Crippen LogP contribution >= 0.6 is 0 Å². The highest BCUT2D eigenvalue weighted by molar-refractivity contribution is 5.14. The Morgan fingerprint density at radius 3 is 2.52 bits per heavy atom. The number of ether oxygens (including phenoxy) is 1. The highest BCUT2D eigenvalue weighted by atomic mass is 16.5. The zero-order chi connectivity index (χ0) is 15.0. The van der Waals surface area contributed by atoms with E-state index in [1.54, 1.807) is 0 Å². The third kappa shape index (κ3) is 4.53. The Morgan fingerprint density at radius 2 is 1.90 bits per heavy atom. The van der Waals surface area contributed by atoms with Crippen LogP contribution in [-0.2, 0) is 11.2 Å². The minimum absolute atomic E-state index is 0.0432. The van der Waals surface area contributed by atoms with Crippen LogP contribution in [0.15, 0.2) is 30.3 Å². The van der Waals surface area contributed by atoms with Gasteiger partial charge < -0.3 is 4.74 Å². The van der Waals surface area contributed by atoms with E-state index in [1.165, 1.54) is 24.8 Å². The van der Waals surface area contributed by atoms with E-state index in [9.17, 15) is 0 Å². The second-order valence-electron chi connectivity index (χ2n) is 6.16. The first-order valence-corrected chi connectivity index (χ1v) is 8.45. The second kappa shape index (κ2) is 8.52. The quantitative estimate of drug-likeness (QED) is 0.568. The topological polar surface area (TPSA) is 47.3 Å². The lowest BCUT2D eigenvalue weighted by Crippen LogP contribution is -2.56. The molecule has 0 aromatic heterocycles. The molecule has 0 spiro atoms. The van der Waals surface area contributed by atoms with Crippen molar-refractivity contribution >= 4 is 0 Å². The van der Waals surface area contributed by atoms with Gasteiger partial charge >= 0.3 is 0 Å². The Morgan fingerprint density at radius 1 is 1.19 bits per heavy atom. The largest absolute Gasteiger partial charge is 0.374 e. The Kier molecular flexibility index (Phi) is 6.68. The maximum absolute atomic E-state index is 6.18. The molecule has 2 rings (SSSR count). The minimum Gasteiger partial charge on any atom is -0.374 e. The maximum Gasteiger partial charge on any atom is 0.0848 e. The summed E-state index contributed by atoms with van der Waals surface area (Å²) in [5, 5.41) is 0. The molecule has 0 bridgehead atoms. The van der Waals surface area contributed by atoms with Crippen LogP contribution in [0.25, 0.3) is 0 Å². The van der Waals surface area contributed by atoms with Gasteiger partial charge in [0.2, 0.25) is 0 Å². The zero-order valence-corrected chi connectivity index (χ0v) is 13.3. The Bertz CT molecular complexity index is 382. The van der Waals surface area contributed by atoms with Crippen LogP contribution in [0.4, 0.5) is 0 Å². The molecule has 1 aliphatic rings. The van der Waals surface area contributed by atoms with Crippen molar-refractivity contribution in [1.29, 1.82) is 0 Å². The van der Waals surface area contributed by atoms with E-state index in [4.69, 9.17) is 10.6 Å². The number of hydrogen-bond acceptors (Lipinski definition) is 3. The van der Waals surface area contributed by atoms with E-state index < -0.39 is 0 Å². The summed E-state index contributed by atoms with van der Waals surface area (Å²) < 4.78 is 6.18. The number of benzene rings is 1. The molecule has 0 saturated heterocycles. The smallest absolute Gasteiger partial charge is 0.0848 e. The fourth-order valence-corrected chi connectivity index (χ4v) is 3.68. The first kappa shape index (κ1) is 16.5. The van der Waals surface area contributed by atoms with Crippen LogP contribution < -0.4 is 11.3 Å². The van der Waals surface area contributed by atoms with Gasteiger partial charge in [0.15, 0.2) is 0 Å². The summed E-state index contributed by atoms with van der Waals surface area (Å²) in [6, 6.07) is 10.9. The highest BCUT2D eigenvalue weighted by Crippen LogP contribution is 2.36. The van der Waals surface area contributed by atoms with Crippen molar-refractivity contribution in [2.24, 2.45) is 5.84 Å². The monoisotopic (exact) mass is 290 g/mol. The zero-order valence-electron chi connectivity index (χ0n) is 13.3. The van der Waals surface area contributed by atoms with Crippen molar-refractivity contribution in [3.05, 3.63) is 35.9 Å². The lowest BCUT2D eigenvalue weighted by Gasteiger charge is -2.43. The molecule has 3 heteroatoms. The summed E-state index contributed by atoms with van der Waals surface area (Å²) >= 11 is 0. The SMILES string of the molecule is CCOC1(C(CCCc2ccccc2)NN)CCCCC1. The summed E-state index contributed by atoms with van der Waals surface area (Å²) in [5.41, 5.74) is 4.42. The number of nitrogens with two attached hydrogens (primary N) is 1. The molecule has 1 saturated carbocycles. The van der Waals surface area contributed by atoms with Gasteiger partial charge in [-0.3, -0.25) is 11.3 Å². The van der Waals surface area contributed by atoms with E-state index in [0.717, 1.165) is 38.7 Å². The molecule has 1 unspecified atom stereocenters. The van der Waals surface area contributed by atoms with Crippen molar-refractivity contribution in [2.75, 3.05) is 6.61 Å². The predicted octanol–water partition coefficient (Wildman–Crippen LogP) is 3.58. The first-order valence-electron chi connectivity index (χ1n) is 8.45. The molecule has 1 aromatic rings. The molecular formula is C18H30N2O. The lowest BCUT2D eigenvalue weighted by atomic mass is 9.77. The summed E-state index contributed by atoms with van der Waals surface area (Å²) in [7, 11) is 0. The maximum atomic E-state index is 6.18. The Labute approximate surface area is 129 Å². The lowest BCUT2D eigenvalue weighted by molar-refractivity contribution is -0.0918. The molecule has 1 aliphatic carbocycles. The second-order valence-corrected chi connectivity index (χ2v) is 6.16. The van der Waals surface area contributed by atoms with Crippen molar-refractivity contribution in [2.45, 2.75) is 69.9 Å². The fourth-order valence-electron chi connectivity index (χ4n) is 3.68. The molecule has 21 heavy (non-hydrogen) atoms. The number of rotatable bonds is 8. The molecule has 1 fully saturated rings. The molecule has 0 radical (unpaired) electrons. The molecule has 3 nitrogen and oxygen atoms in total. The van der Waals surface area contributed by atoms with Crippen molar-refractivity contribution < 1.29 is 4.74 Å². The van der Waals surface area contributed by atoms with Gasteiger partial charge in [-0.2, -0.15) is 0 Å². The highest BCUT2D eigenvalue weighted by Gasteiger charge is 2.39. The van der Waals surface area contributed by atoms with E-state index in [0.29, 0.717) is 0 Å². The summed E-state index contributed by atoms with van der Waals surface area (Å²) in [6.07, 6.45) is 9.46.